The van der Waals surface area contributed by atoms with Crippen LogP contribution in [0.5, 0.6) is 5.75 Å². The third kappa shape index (κ3) is 4.36. The molecular formula is C24H21ClN2O3S. The molecular weight excluding hydrogens is 432 g/mol. The normalized spacial score (nSPS) is 11.5. The van der Waals surface area contributed by atoms with Gasteiger partial charge in [-0.25, -0.2) is 8.42 Å². The Morgan fingerprint density at radius 3 is 2.39 bits per heavy atom. The average Bonchev–Trinajstić information content (AvgIpc) is 2.76. The van der Waals surface area contributed by atoms with E-state index in [-0.39, 0.29) is 9.79 Å². The van der Waals surface area contributed by atoms with Crippen molar-refractivity contribution in [1.82, 2.24) is 4.98 Å². The number of pyridine rings is 1. The number of hydrogen-bond acceptors (Lipinski definition) is 5. The third-order valence-electron chi connectivity index (χ3n) is 4.85. The van der Waals surface area contributed by atoms with E-state index < -0.39 is 9.84 Å². The van der Waals surface area contributed by atoms with Gasteiger partial charge < -0.3 is 10.1 Å². The average molecular weight is 453 g/mol. The lowest BCUT2D eigenvalue weighted by Crippen LogP contribution is -2.07. The summed E-state index contributed by atoms with van der Waals surface area (Å²) in [6, 6.07) is 19.3. The molecule has 0 atom stereocenters. The Morgan fingerprint density at radius 1 is 1.00 bits per heavy atom. The van der Waals surface area contributed by atoms with E-state index in [0.29, 0.717) is 28.2 Å². The van der Waals surface area contributed by atoms with E-state index in [0.717, 1.165) is 17.0 Å². The van der Waals surface area contributed by atoms with Crippen molar-refractivity contribution >= 4 is 43.7 Å². The van der Waals surface area contributed by atoms with Crippen molar-refractivity contribution in [2.75, 3.05) is 11.9 Å². The number of benzene rings is 3. The smallest absolute Gasteiger partial charge is 0.210 e. The molecule has 0 spiro atoms. The Bertz CT molecular complexity index is 1340. The van der Waals surface area contributed by atoms with Crippen LogP contribution in [0.25, 0.3) is 10.9 Å². The standard InChI is InChI=1S/C24H21ClN2O3S/c1-3-30-19-9-7-18(8-10-19)27-24-21-14-17(25)6-13-22(21)26-15-23(24)31(28,29)20-11-4-16(2)5-12-20/h4-15H,3H2,1-2H3,(H,26,27). The number of hydrogen-bond donors (Lipinski definition) is 1. The highest BCUT2D eigenvalue weighted by atomic mass is 35.5. The molecule has 31 heavy (non-hydrogen) atoms. The number of aryl methyl sites for hydroxylation is 1. The van der Waals surface area contributed by atoms with Crippen LogP contribution in [0, 0.1) is 6.92 Å². The van der Waals surface area contributed by atoms with E-state index in [9.17, 15) is 8.42 Å². The number of nitrogens with one attached hydrogen (secondary N) is 1. The highest BCUT2D eigenvalue weighted by molar-refractivity contribution is 7.91. The first-order valence-corrected chi connectivity index (χ1v) is 11.6. The minimum atomic E-state index is -3.82. The van der Waals surface area contributed by atoms with Crippen molar-refractivity contribution in [2.45, 2.75) is 23.6 Å². The SMILES string of the molecule is CCOc1ccc(Nc2c(S(=O)(=O)c3ccc(C)cc3)cnc3ccc(Cl)cc23)cc1. The van der Waals surface area contributed by atoms with Gasteiger partial charge in [0.2, 0.25) is 9.84 Å². The summed E-state index contributed by atoms with van der Waals surface area (Å²) >= 11 is 6.23. The van der Waals surface area contributed by atoms with Gasteiger partial charge in [-0.2, -0.15) is 0 Å². The second-order valence-corrected chi connectivity index (χ2v) is 9.41. The van der Waals surface area contributed by atoms with E-state index in [2.05, 4.69) is 10.3 Å². The van der Waals surface area contributed by atoms with Crippen LogP contribution in [0.3, 0.4) is 0 Å². The van der Waals surface area contributed by atoms with Crippen molar-refractivity contribution in [3.05, 3.63) is 83.5 Å². The van der Waals surface area contributed by atoms with Crippen LogP contribution >= 0.6 is 11.6 Å². The van der Waals surface area contributed by atoms with Gasteiger partial charge in [0.15, 0.2) is 0 Å². The number of rotatable bonds is 6. The van der Waals surface area contributed by atoms with Crippen molar-refractivity contribution < 1.29 is 13.2 Å². The molecule has 0 saturated carbocycles. The fourth-order valence-corrected chi connectivity index (χ4v) is 4.81. The molecule has 3 aromatic carbocycles. The van der Waals surface area contributed by atoms with Crippen LogP contribution in [0.15, 0.2) is 82.7 Å². The Balaban J connectivity index is 1.88. The number of fused-ring (bicyclic) bond motifs is 1. The van der Waals surface area contributed by atoms with Crippen LogP contribution in [0.1, 0.15) is 12.5 Å². The summed E-state index contributed by atoms with van der Waals surface area (Å²) in [6.07, 6.45) is 1.39. The molecule has 7 heteroatoms. The molecule has 0 aliphatic carbocycles. The van der Waals surface area contributed by atoms with E-state index >= 15 is 0 Å². The van der Waals surface area contributed by atoms with Crippen molar-refractivity contribution in [1.29, 1.82) is 0 Å². The molecule has 1 heterocycles. The van der Waals surface area contributed by atoms with Crippen LogP contribution in [-0.4, -0.2) is 20.0 Å². The molecule has 0 amide bonds. The lowest BCUT2D eigenvalue weighted by atomic mass is 10.1. The van der Waals surface area contributed by atoms with Crippen molar-refractivity contribution in [3.63, 3.8) is 0 Å². The predicted molar refractivity (Wildman–Crippen MR) is 124 cm³/mol. The quantitative estimate of drug-likeness (QED) is 0.378. The Kier molecular flexibility index (Phi) is 5.85. The second kappa shape index (κ2) is 8.57. The predicted octanol–water partition coefficient (Wildman–Crippen LogP) is 6.17. The highest BCUT2D eigenvalue weighted by Gasteiger charge is 2.24. The van der Waals surface area contributed by atoms with Gasteiger partial charge in [0.1, 0.15) is 10.6 Å². The van der Waals surface area contributed by atoms with Crippen molar-refractivity contribution in [2.24, 2.45) is 0 Å². The van der Waals surface area contributed by atoms with Gasteiger partial charge >= 0.3 is 0 Å². The number of nitrogens with zero attached hydrogens (tertiary/aromatic N) is 1. The first-order valence-electron chi connectivity index (χ1n) is 9.78. The fraction of sp³-hybridized carbons (Fsp3) is 0.125. The lowest BCUT2D eigenvalue weighted by Gasteiger charge is -2.16. The molecule has 4 rings (SSSR count). The molecule has 0 aliphatic heterocycles. The number of sulfone groups is 1. The van der Waals surface area contributed by atoms with E-state index in [4.69, 9.17) is 16.3 Å². The largest absolute Gasteiger partial charge is 0.494 e. The van der Waals surface area contributed by atoms with E-state index in [1.807, 2.05) is 38.1 Å². The maximum Gasteiger partial charge on any atom is 0.210 e. The summed E-state index contributed by atoms with van der Waals surface area (Å²) < 4.78 is 32.5. The zero-order valence-corrected chi connectivity index (χ0v) is 18.7. The summed E-state index contributed by atoms with van der Waals surface area (Å²) in [7, 11) is -3.82. The van der Waals surface area contributed by atoms with Gasteiger partial charge in [-0.15, -0.1) is 0 Å². The summed E-state index contributed by atoms with van der Waals surface area (Å²) in [5.74, 6) is 0.739. The van der Waals surface area contributed by atoms with Crippen LogP contribution in [-0.2, 0) is 9.84 Å². The molecule has 0 unspecified atom stereocenters. The van der Waals surface area contributed by atoms with E-state index in [1.165, 1.54) is 6.20 Å². The van der Waals surface area contributed by atoms with Crippen LogP contribution in [0.4, 0.5) is 11.4 Å². The molecule has 0 fully saturated rings. The Hall–Kier alpha value is -3.09. The molecule has 1 aromatic heterocycles. The molecule has 158 valence electrons. The Labute approximate surface area is 186 Å². The van der Waals surface area contributed by atoms with Crippen molar-refractivity contribution in [3.8, 4) is 5.75 Å². The fourth-order valence-electron chi connectivity index (χ4n) is 3.27. The second-order valence-electron chi connectivity index (χ2n) is 7.06. The van der Waals surface area contributed by atoms with Crippen LogP contribution in [0.2, 0.25) is 5.02 Å². The molecule has 0 radical (unpaired) electrons. The molecule has 1 N–H and O–H groups in total. The summed E-state index contributed by atoms with van der Waals surface area (Å²) in [5.41, 5.74) is 2.77. The molecule has 0 bridgehead atoms. The summed E-state index contributed by atoms with van der Waals surface area (Å²) in [6.45, 7) is 4.40. The zero-order valence-electron chi connectivity index (χ0n) is 17.1. The van der Waals surface area contributed by atoms with Gasteiger partial charge in [0, 0.05) is 22.3 Å². The first-order chi connectivity index (χ1) is 14.9. The van der Waals surface area contributed by atoms with Crippen LogP contribution < -0.4 is 10.1 Å². The van der Waals surface area contributed by atoms with Gasteiger partial charge in [0.25, 0.3) is 0 Å². The maximum absolute atomic E-state index is 13.5. The molecule has 0 aliphatic rings. The molecule has 0 saturated heterocycles. The summed E-state index contributed by atoms with van der Waals surface area (Å²) in [4.78, 5) is 4.66. The first kappa shape index (κ1) is 21.2. The topological polar surface area (TPSA) is 68.3 Å². The zero-order chi connectivity index (χ0) is 22.0. The minimum Gasteiger partial charge on any atom is -0.494 e. The third-order valence-corrected chi connectivity index (χ3v) is 6.87. The lowest BCUT2D eigenvalue weighted by molar-refractivity contribution is 0.340. The van der Waals surface area contributed by atoms with E-state index in [1.54, 1.807) is 42.5 Å². The maximum atomic E-state index is 13.5. The number of ether oxygens (including phenoxy) is 1. The minimum absolute atomic E-state index is 0.0833. The van der Waals surface area contributed by atoms with Gasteiger partial charge in [-0.05, 0) is 68.4 Å². The van der Waals surface area contributed by atoms with Gasteiger partial charge in [-0.1, -0.05) is 29.3 Å². The summed E-state index contributed by atoms with van der Waals surface area (Å²) in [5, 5.41) is 4.38. The molecule has 5 nitrogen and oxygen atoms in total. The number of halogens is 1. The Morgan fingerprint density at radius 2 is 1.71 bits per heavy atom. The number of aromatic nitrogens is 1. The monoisotopic (exact) mass is 452 g/mol. The highest BCUT2D eigenvalue weighted by Crippen LogP contribution is 2.36. The molecule has 4 aromatic rings. The van der Waals surface area contributed by atoms with Gasteiger partial charge in [0.05, 0.1) is 22.7 Å². The number of anilines is 2. The van der Waals surface area contributed by atoms with Gasteiger partial charge in [-0.3, -0.25) is 4.98 Å².